The summed E-state index contributed by atoms with van der Waals surface area (Å²) in [5.74, 6) is -1.54. The third-order valence-electron chi connectivity index (χ3n) is 5.37. The van der Waals surface area contributed by atoms with Crippen LogP contribution in [0.1, 0.15) is 29.9 Å². The van der Waals surface area contributed by atoms with E-state index in [1.165, 1.54) is 17.2 Å². The minimum Gasteiger partial charge on any atom is -0.480 e. The number of carbonyl (C=O) groups excluding carboxylic acids is 2. The molecule has 0 saturated heterocycles. The van der Waals surface area contributed by atoms with Crippen molar-refractivity contribution in [1.29, 1.82) is 0 Å². The van der Waals surface area contributed by atoms with Crippen LogP contribution >= 0.6 is 0 Å². The van der Waals surface area contributed by atoms with E-state index in [1.54, 1.807) is 0 Å². The predicted octanol–water partition coefficient (Wildman–Crippen LogP) is 3.08. The van der Waals surface area contributed by atoms with Gasteiger partial charge in [0.25, 0.3) is 0 Å². The summed E-state index contributed by atoms with van der Waals surface area (Å²) in [6.07, 6.45) is 1.06. The van der Waals surface area contributed by atoms with Gasteiger partial charge in [0.2, 0.25) is 5.91 Å². The van der Waals surface area contributed by atoms with Crippen LogP contribution in [-0.2, 0) is 19.1 Å². The number of alkyl carbamates (subject to hydrolysis) is 1. The first-order chi connectivity index (χ1) is 16.0. The molecule has 0 aliphatic heterocycles. The Kier molecular flexibility index (Phi) is 8.60. The van der Waals surface area contributed by atoms with Crippen molar-refractivity contribution in [3.63, 3.8) is 0 Å². The standard InChI is InChI=1S/C25H28N2O6/c1-2-7-22(24(29)30)27-23(28)12-14-32-15-13-26-25(31)33-16-21-19-10-5-3-8-17(19)18-9-4-6-11-20(18)21/h2-6,8-11,21-22H,1,7,12-16H2,(H,26,31)(H,27,28)(H,29,30). The van der Waals surface area contributed by atoms with Crippen molar-refractivity contribution < 1.29 is 29.0 Å². The van der Waals surface area contributed by atoms with Crippen LogP contribution in [0.2, 0.25) is 0 Å². The Morgan fingerprint density at radius 2 is 1.67 bits per heavy atom. The maximum atomic E-state index is 12.1. The second-order valence-corrected chi connectivity index (χ2v) is 7.60. The zero-order chi connectivity index (χ0) is 23.6. The molecule has 0 heterocycles. The molecule has 1 aliphatic carbocycles. The summed E-state index contributed by atoms with van der Waals surface area (Å²) in [7, 11) is 0. The lowest BCUT2D eigenvalue weighted by Gasteiger charge is -2.14. The molecule has 0 saturated carbocycles. The predicted molar refractivity (Wildman–Crippen MR) is 123 cm³/mol. The van der Waals surface area contributed by atoms with Gasteiger partial charge in [-0.25, -0.2) is 9.59 Å². The van der Waals surface area contributed by atoms with E-state index in [-0.39, 0.29) is 45.1 Å². The van der Waals surface area contributed by atoms with E-state index in [0.717, 1.165) is 11.1 Å². The van der Waals surface area contributed by atoms with Gasteiger partial charge in [-0.1, -0.05) is 54.6 Å². The number of aliphatic carboxylic acids is 1. The van der Waals surface area contributed by atoms with Crippen molar-refractivity contribution in [1.82, 2.24) is 10.6 Å². The normalized spacial score (nSPS) is 12.8. The van der Waals surface area contributed by atoms with E-state index in [1.807, 2.05) is 24.3 Å². The molecule has 0 spiro atoms. The highest BCUT2D eigenvalue weighted by atomic mass is 16.5. The number of rotatable bonds is 12. The molecule has 8 nitrogen and oxygen atoms in total. The number of ether oxygens (including phenoxy) is 2. The second kappa shape index (κ2) is 11.8. The lowest BCUT2D eigenvalue weighted by atomic mass is 9.98. The maximum Gasteiger partial charge on any atom is 0.407 e. The third-order valence-corrected chi connectivity index (χ3v) is 5.37. The van der Waals surface area contributed by atoms with Gasteiger partial charge >= 0.3 is 12.1 Å². The van der Waals surface area contributed by atoms with E-state index in [2.05, 4.69) is 41.5 Å². The summed E-state index contributed by atoms with van der Waals surface area (Å²) in [6.45, 7) is 4.24. The number of carbonyl (C=O) groups is 3. The summed E-state index contributed by atoms with van der Waals surface area (Å²) < 4.78 is 10.8. The molecule has 1 atom stereocenters. The Hall–Kier alpha value is -3.65. The van der Waals surface area contributed by atoms with Crippen molar-refractivity contribution >= 4 is 18.0 Å². The number of fused-ring (bicyclic) bond motifs is 3. The van der Waals surface area contributed by atoms with Crippen molar-refractivity contribution in [2.75, 3.05) is 26.4 Å². The monoisotopic (exact) mass is 452 g/mol. The molecular formula is C25H28N2O6. The van der Waals surface area contributed by atoms with Crippen LogP contribution in [0.3, 0.4) is 0 Å². The average Bonchev–Trinajstić information content (AvgIpc) is 3.13. The first-order valence-corrected chi connectivity index (χ1v) is 10.8. The molecule has 2 amide bonds. The Bertz CT molecular complexity index is 960. The van der Waals surface area contributed by atoms with Gasteiger partial charge < -0.3 is 25.2 Å². The van der Waals surface area contributed by atoms with E-state index in [9.17, 15) is 14.4 Å². The molecule has 1 aliphatic rings. The quantitative estimate of drug-likeness (QED) is 0.337. The largest absolute Gasteiger partial charge is 0.480 e. The first-order valence-electron chi connectivity index (χ1n) is 10.8. The molecule has 3 N–H and O–H groups in total. The maximum absolute atomic E-state index is 12.1. The van der Waals surface area contributed by atoms with Crippen molar-refractivity contribution in [2.45, 2.75) is 24.8 Å². The molecular weight excluding hydrogens is 424 g/mol. The van der Waals surface area contributed by atoms with E-state index in [0.29, 0.717) is 0 Å². The van der Waals surface area contributed by atoms with Gasteiger partial charge in [-0.2, -0.15) is 0 Å². The molecule has 2 aromatic carbocycles. The molecule has 8 heteroatoms. The topological polar surface area (TPSA) is 114 Å². The van der Waals surface area contributed by atoms with Gasteiger partial charge in [0.15, 0.2) is 0 Å². The number of carboxylic acid groups (broad SMARTS) is 1. The highest BCUT2D eigenvalue weighted by Gasteiger charge is 2.28. The average molecular weight is 453 g/mol. The van der Waals surface area contributed by atoms with Gasteiger partial charge in [0.1, 0.15) is 12.6 Å². The summed E-state index contributed by atoms with van der Waals surface area (Å²) >= 11 is 0. The fraction of sp³-hybridized carbons (Fsp3) is 0.320. The molecule has 1 unspecified atom stereocenters. The minimum absolute atomic E-state index is 0.00590. The zero-order valence-electron chi connectivity index (χ0n) is 18.3. The van der Waals surface area contributed by atoms with Crippen LogP contribution in [0.5, 0.6) is 0 Å². The van der Waals surface area contributed by atoms with Crippen molar-refractivity contribution in [3.05, 3.63) is 72.3 Å². The van der Waals surface area contributed by atoms with Crippen LogP contribution < -0.4 is 10.6 Å². The Balaban J connectivity index is 1.34. The van der Waals surface area contributed by atoms with Gasteiger partial charge in [-0.05, 0) is 28.7 Å². The number of benzene rings is 2. The zero-order valence-corrected chi connectivity index (χ0v) is 18.3. The Morgan fingerprint density at radius 1 is 1.03 bits per heavy atom. The number of amides is 2. The van der Waals surface area contributed by atoms with Crippen LogP contribution in [0.25, 0.3) is 11.1 Å². The molecule has 174 valence electrons. The van der Waals surface area contributed by atoms with E-state index < -0.39 is 24.0 Å². The summed E-state index contributed by atoms with van der Waals surface area (Å²) in [6, 6.07) is 15.2. The number of hydrogen-bond acceptors (Lipinski definition) is 5. The number of carboxylic acids is 1. The van der Waals surface area contributed by atoms with Crippen molar-refractivity contribution in [2.24, 2.45) is 0 Å². The van der Waals surface area contributed by atoms with Gasteiger partial charge in [-0.15, -0.1) is 6.58 Å². The van der Waals surface area contributed by atoms with E-state index >= 15 is 0 Å². The smallest absolute Gasteiger partial charge is 0.407 e. The lowest BCUT2D eigenvalue weighted by Crippen LogP contribution is -2.40. The Labute approximate surface area is 192 Å². The second-order valence-electron chi connectivity index (χ2n) is 7.60. The molecule has 0 radical (unpaired) electrons. The van der Waals surface area contributed by atoms with Gasteiger partial charge in [-0.3, -0.25) is 4.79 Å². The third kappa shape index (κ3) is 6.43. The number of nitrogens with one attached hydrogen (secondary N) is 2. The van der Waals surface area contributed by atoms with E-state index in [4.69, 9.17) is 14.6 Å². The lowest BCUT2D eigenvalue weighted by molar-refractivity contribution is -0.141. The van der Waals surface area contributed by atoms with Gasteiger partial charge in [0.05, 0.1) is 13.2 Å². The number of hydrogen-bond donors (Lipinski definition) is 3. The minimum atomic E-state index is -1.11. The highest BCUT2D eigenvalue weighted by Crippen LogP contribution is 2.44. The van der Waals surface area contributed by atoms with Crippen LogP contribution in [0.4, 0.5) is 4.79 Å². The first kappa shape index (κ1) is 24.0. The Morgan fingerprint density at radius 3 is 2.27 bits per heavy atom. The fourth-order valence-corrected chi connectivity index (χ4v) is 3.80. The molecule has 33 heavy (non-hydrogen) atoms. The van der Waals surface area contributed by atoms with Crippen molar-refractivity contribution in [3.8, 4) is 11.1 Å². The fourth-order valence-electron chi connectivity index (χ4n) is 3.80. The molecule has 3 rings (SSSR count). The molecule has 2 aromatic rings. The summed E-state index contributed by atoms with van der Waals surface area (Å²) in [5, 5.41) is 14.0. The van der Waals surface area contributed by atoms with Crippen LogP contribution in [0, 0.1) is 0 Å². The summed E-state index contributed by atoms with van der Waals surface area (Å²) in [4.78, 5) is 34.9. The highest BCUT2D eigenvalue weighted by molar-refractivity contribution is 5.83. The van der Waals surface area contributed by atoms with Gasteiger partial charge in [0, 0.05) is 18.9 Å². The molecule has 0 fully saturated rings. The summed E-state index contributed by atoms with van der Waals surface area (Å²) in [5.41, 5.74) is 4.62. The van der Waals surface area contributed by atoms with Crippen LogP contribution in [0.15, 0.2) is 61.2 Å². The SMILES string of the molecule is C=CCC(NC(=O)CCOCCNC(=O)OCC1c2ccccc2-c2ccccc21)C(=O)O. The van der Waals surface area contributed by atoms with Crippen LogP contribution in [-0.4, -0.2) is 55.5 Å². The molecule has 0 bridgehead atoms. The molecule has 0 aromatic heterocycles.